The number of nitrogens with one attached hydrogen (secondary N) is 2. The molecule has 2 N–H and O–H groups in total. The number of carbonyl (C=O) groups excluding carboxylic acids is 2. The molecule has 29 heavy (non-hydrogen) atoms. The normalized spacial score (nSPS) is 14.8. The molecule has 2 amide bonds. The summed E-state index contributed by atoms with van der Waals surface area (Å²) < 4.78 is 5.84. The average molecular weight is 392 g/mol. The summed E-state index contributed by atoms with van der Waals surface area (Å²) in [4.78, 5) is 31.3. The van der Waals surface area contributed by atoms with E-state index >= 15 is 0 Å². The van der Waals surface area contributed by atoms with E-state index in [0.29, 0.717) is 30.4 Å². The molecule has 0 unspecified atom stereocenters. The second-order valence-corrected chi connectivity index (χ2v) is 7.32. The lowest BCUT2D eigenvalue weighted by atomic mass is 9.96. The van der Waals surface area contributed by atoms with E-state index in [0.717, 1.165) is 29.5 Å². The number of oxazole rings is 1. The molecule has 1 fully saturated rings. The predicted octanol–water partition coefficient (Wildman–Crippen LogP) is 3.35. The molecule has 0 aliphatic carbocycles. The first kappa shape index (κ1) is 19.0. The van der Waals surface area contributed by atoms with E-state index in [1.54, 1.807) is 19.2 Å². The minimum atomic E-state index is -0.174. The highest BCUT2D eigenvalue weighted by molar-refractivity contribution is 5.98. The highest BCUT2D eigenvalue weighted by Crippen LogP contribution is 2.27. The Labute approximate surface area is 169 Å². The lowest BCUT2D eigenvalue weighted by Crippen LogP contribution is -2.38. The first-order valence-electron chi connectivity index (χ1n) is 9.79. The lowest BCUT2D eigenvalue weighted by molar-refractivity contribution is -0.120. The standard InChI is InChI=1S/C22H24N4O3/c1-14-7-8-16(20(27)23-2)13-18(14)24-21(28)15-9-11-26(12-10-15)22-25-17-5-3-4-6-19(17)29-22/h3-8,13,15H,9-12H2,1-2H3,(H,23,27)(H,24,28). The molecule has 0 bridgehead atoms. The zero-order valence-electron chi connectivity index (χ0n) is 16.6. The summed E-state index contributed by atoms with van der Waals surface area (Å²) in [5.41, 5.74) is 3.74. The smallest absolute Gasteiger partial charge is 0.298 e. The van der Waals surface area contributed by atoms with Crippen LogP contribution in [0, 0.1) is 12.8 Å². The Hall–Kier alpha value is -3.35. The summed E-state index contributed by atoms with van der Waals surface area (Å²) in [6.45, 7) is 3.34. The molecule has 7 heteroatoms. The van der Waals surface area contributed by atoms with Gasteiger partial charge >= 0.3 is 0 Å². The number of aryl methyl sites for hydroxylation is 1. The minimum absolute atomic E-state index is 0.0145. The van der Waals surface area contributed by atoms with E-state index < -0.39 is 0 Å². The van der Waals surface area contributed by atoms with Gasteiger partial charge < -0.3 is 20.0 Å². The number of fused-ring (bicyclic) bond motifs is 1. The zero-order valence-corrected chi connectivity index (χ0v) is 16.6. The monoisotopic (exact) mass is 392 g/mol. The van der Waals surface area contributed by atoms with Crippen LogP contribution in [0.15, 0.2) is 46.9 Å². The van der Waals surface area contributed by atoms with Gasteiger partial charge in [-0.2, -0.15) is 4.98 Å². The van der Waals surface area contributed by atoms with Gasteiger partial charge in [-0.05, 0) is 49.6 Å². The quantitative estimate of drug-likeness (QED) is 0.711. The third-order valence-corrected chi connectivity index (χ3v) is 5.40. The van der Waals surface area contributed by atoms with Crippen molar-refractivity contribution in [3.63, 3.8) is 0 Å². The first-order chi connectivity index (χ1) is 14.0. The van der Waals surface area contributed by atoms with Crippen LogP contribution in [0.1, 0.15) is 28.8 Å². The number of anilines is 2. The molecule has 2 aromatic carbocycles. The second-order valence-electron chi connectivity index (χ2n) is 7.32. The molecule has 0 saturated carbocycles. The van der Waals surface area contributed by atoms with Gasteiger partial charge in [-0.1, -0.05) is 18.2 Å². The third kappa shape index (κ3) is 3.94. The number of aromatic nitrogens is 1. The Bertz CT molecular complexity index is 1020. The minimum Gasteiger partial charge on any atom is -0.423 e. The van der Waals surface area contributed by atoms with Crippen molar-refractivity contribution in [2.45, 2.75) is 19.8 Å². The summed E-state index contributed by atoms with van der Waals surface area (Å²) in [6.07, 6.45) is 1.44. The van der Waals surface area contributed by atoms with Crippen molar-refractivity contribution in [3.05, 3.63) is 53.6 Å². The van der Waals surface area contributed by atoms with Gasteiger partial charge in [-0.15, -0.1) is 0 Å². The molecule has 4 rings (SSSR count). The van der Waals surface area contributed by atoms with Gasteiger partial charge in [-0.25, -0.2) is 0 Å². The van der Waals surface area contributed by atoms with Gasteiger partial charge in [0.15, 0.2) is 5.58 Å². The third-order valence-electron chi connectivity index (χ3n) is 5.40. The topological polar surface area (TPSA) is 87.5 Å². The van der Waals surface area contributed by atoms with E-state index in [1.807, 2.05) is 37.3 Å². The maximum atomic E-state index is 12.8. The highest BCUT2D eigenvalue weighted by Gasteiger charge is 2.27. The van der Waals surface area contributed by atoms with Crippen molar-refractivity contribution in [3.8, 4) is 0 Å². The SMILES string of the molecule is CNC(=O)c1ccc(C)c(NC(=O)C2CCN(c3nc4ccccc4o3)CC2)c1. The summed E-state index contributed by atoms with van der Waals surface area (Å²) >= 11 is 0. The van der Waals surface area contributed by atoms with E-state index in [2.05, 4.69) is 20.5 Å². The number of nitrogens with zero attached hydrogens (tertiary/aromatic N) is 2. The van der Waals surface area contributed by atoms with Gasteiger partial charge in [0.2, 0.25) is 5.91 Å². The molecule has 7 nitrogen and oxygen atoms in total. The first-order valence-corrected chi connectivity index (χ1v) is 9.79. The van der Waals surface area contributed by atoms with Gasteiger partial charge in [0, 0.05) is 37.3 Å². The van der Waals surface area contributed by atoms with Crippen molar-refractivity contribution in [2.24, 2.45) is 5.92 Å². The largest absolute Gasteiger partial charge is 0.423 e. The van der Waals surface area contributed by atoms with Crippen LogP contribution in [-0.4, -0.2) is 36.9 Å². The number of carbonyl (C=O) groups is 2. The van der Waals surface area contributed by atoms with Crippen LogP contribution in [0.4, 0.5) is 11.7 Å². The molecule has 1 aromatic heterocycles. The fourth-order valence-electron chi connectivity index (χ4n) is 3.61. The summed E-state index contributed by atoms with van der Waals surface area (Å²) in [7, 11) is 1.59. The Kier molecular flexibility index (Phi) is 5.20. The van der Waals surface area contributed by atoms with Crippen LogP contribution in [-0.2, 0) is 4.79 Å². The molecule has 150 valence electrons. The summed E-state index contributed by atoms with van der Waals surface area (Å²) in [5, 5.41) is 5.60. The average Bonchev–Trinajstić information content (AvgIpc) is 3.19. The number of benzene rings is 2. The highest BCUT2D eigenvalue weighted by atomic mass is 16.4. The van der Waals surface area contributed by atoms with Gasteiger partial charge in [0.1, 0.15) is 5.52 Å². The molecule has 0 atom stereocenters. The van der Waals surface area contributed by atoms with E-state index in [4.69, 9.17) is 4.42 Å². The van der Waals surface area contributed by atoms with Crippen molar-refractivity contribution in [1.29, 1.82) is 0 Å². The second kappa shape index (κ2) is 7.95. The molecular formula is C22H24N4O3. The number of hydrogen-bond donors (Lipinski definition) is 2. The molecule has 3 aromatic rings. The number of hydrogen-bond acceptors (Lipinski definition) is 5. The maximum absolute atomic E-state index is 12.8. The van der Waals surface area contributed by atoms with E-state index in [9.17, 15) is 9.59 Å². The molecule has 1 aliphatic rings. The van der Waals surface area contributed by atoms with Gasteiger partial charge in [0.05, 0.1) is 0 Å². The van der Waals surface area contributed by atoms with Crippen LogP contribution in [0.3, 0.4) is 0 Å². The van der Waals surface area contributed by atoms with E-state index in [-0.39, 0.29) is 17.7 Å². The fraction of sp³-hybridized carbons (Fsp3) is 0.318. The van der Waals surface area contributed by atoms with Crippen molar-refractivity contribution in [1.82, 2.24) is 10.3 Å². The molecule has 1 aliphatic heterocycles. The zero-order chi connectivity index (χ0) is 20.4. The predicted molar refractivity (Wildman–Crippen MR) is 112 cm³/mol. The molecule has 2 heterocycles. The van der Waals surface area contributed by atoms with Crippen LogP contribution in [0.25, 0.3) is 11.1 Å². The van der Waals surface area contributed by atoms with Gasteiger partial charge in [-0.3, -0.25) is 9.59 Å². The molecule has 0 spiro atoms. The summed E-state index contributed by atoms with van der Waals surface area (Å²) in [6, 6.07) is 13.6. The van der Waals surface area contributed by atoms with Crippen molar-refractivity contribution in [2.75, 3.05) is 30.4 Å². The summed E-state index contributed by atoms with van der Waals surface area (Å²) in [5.74, 6) is -0.273. The number of piperidine rings is 1. The Morgan fingerprint density at radius 2 is 1.90 bits per heavy atom. The molecular weight excluding hydrogens is 368 g/mol. The molecule has 1 saturated heterocycles. The van der Waals surface area contributed by atoms with Crippen molar-refractivity contribution >= 4 is 34.6 Å². The number of amides is 2. The molecule has 0 radical (unpaired) electrons. The van der Waals surface area contributed by atoms with E-state index in [1.165, 1.54) is 0 Å². The maximum Gasteiger partial charge on any atom is 0.298 e. The number of para-hydroxylation sites is 2. The number of rotatable bonds is 4. The Morgan fingerprint density at radius 3 is 2.62 bits per heavy atom. The van der Waals surface area contributed by atoms with Crippen LogP contribution >= 0.6 is 0 Å². The van der Waals surface area contributed by atoms with Gasteiger partial charge in [0.25, 0.3) is 11.9 Å². The Balaban J connectivity index is 1.40. The van der Waals surface area contributed by atoms with Crippen LogP contribution < -0.4 is 15.5 Å². The lowest BCUT2D eigenvalue weighted by Gasteiger charge is -2.30. The van der Waals surface area contributed by atoms with Crippen LogP contribution in [0.5, 0.6) is 0 Å². The van der Waals surface area contributed by atoms with Crippen molar-refractivity contribution < 1.29 is 14.0 Å². The Morgan fingerprint density at radius 1 is 1.14 bits per heavy atom. The van der Waals surface area contributed by atoms with Crippen LogP contribution in [0.2, 0.25) is 0 Å². The fourth-order valence-corrected chi connectivity index (χ4v) is 3.61.